The van der Waals surface area contributed by atoms with Gasteiger partial charge in [0, 0.05) is 47.8 Å². The lowest BCUT2D eigenvalue weighted by atomic mass is 9.88. The van der Waals surface area contributed by atoms with Crippen LogP contribution in [0.1, 0.15) is 31.2 Å². The van der Waals surface area contributed by atoms with Gasteiger partial charge >= 0.3 is 0 Å². The number of aryl methyl sites for hydroxylation is 1. The van der Waals surface area contributed by atoms with Crippen molar-refractivity contribution in [1.82, 2.24) is 15.1 Å². The Labute approximate surface area is 240 Å². The molecule has 1 aliphatic carbocycles. The molecule has 4 aromatic rings. The summed E-state index contributed by atoms with van der Waals surface area (Å²) in [6.45, 7) is 1.92. The van der Waals surface area contributed by atoms with E-state index in [-0.39, 0.29) is 29.3 Å². The van der Waals surface area contributed by atoms with Crippen molar-refractivity contribution in [3.05, 3.63) is 35.9 Å². The van der Waals surface area contributed by atoms with Crippen LogP contribution in [-0.2, 0) is 9.59 Å². The van der Waals surface area contributed by atoms with Gasteiger partial charge in [-0.1, -0.05) is 22.6 Å². The molecule has 0 bridgehead atoms. The second-order valence-electron chi connectivity index (χ2n) is 9.53. The lowest BCUT2D eigenvalue weighted by molar-refractivity contribution is -0.125. The highest BCUT2D eigenvalue weighted by atomic mass is 32.1. The van der Waals surface area contributed by atoms with E-state index >= 15 is 0 Å². The zero-order chi connectivity index (χ0) is 29.1. The molecule has 4 N–H and O–H groups in total. The number of nitrogen functional groups attached to an aromatic ring is 1. The average molecular weight is 579 g/mol. The summed E-state index contributed by atoms with van der Waals surface area (Å²) in [7, 11) is 4.62. The molecule has 12 nitrogen and oxygen atoms in total. The number of ether oxygens (including phenoxy) is 3. The molecule has 0 unspecified atom stereocenters. The number of benzene rings is 2. The third-order valence-electron chi connectivity index (χ3n) is 6.85. The smallest absolute Gasteiger partial charge is 0.272 e. The molecule has 5 rings (SSSR count). The molecule has 214 valence electrons. The number of nitrogens with two attached hydrogens (primary N) is 1. The van der Waals surface area contributed by atoms with Crippen molar-refractivity contribution in [2.45, 2.75) is 32.6 Å². The van der Waals surface area contributed by atoms with Crippen LogP contribution in [0.4, 0.5) is 22.3 Å². The lowest BCUT2D eigenvalue weighted by Gasteiger charge is -2.20. The Hall–Kier alpha value is -4.65. The Bertz CT molecular complexity index is 1560. The molecule has 0 atom stereocenters. The average Bonchev–Trinajstić information content (AvgIpc) is 3.60. The minimum absolute atomic E-state index is 0.0920. The van der Waals surface area contributed by atoms with Crippen LogP contribution < -0.4 is 30.6 Å². The summed E-state index contributed by atoms with van der Waals surface area (Å²) in [5, 5.41) is 10.8. The van der Waals surface area contributed by atoms with E-state index in [9.17, 15) is 9.59 Å². The number of ketones is 1. The predicted molar refractivity (Wildman–Crippen MR) is 155 cm³/mol. The maximum absolute atomic E-state index is 12.8. The van der Waals surface area contributed by atoms with E-state index < -0.39 is 0 Å². The van der Waals surface area contributed by atoms with Crippen molar-refractivity contribution >= 4 is 45.4 Å². The fraction of sp³-hybridized carbons (Fsp3) is 0.321. The number of rotatable bonds is 9. The normalized spacial score (nSPS) is 13.6. The fourth-order valence-corrected chi connectivity index (χ4v) is 5.45. The number of amides is 1. The first-order valence-electron chi connectivity index (χ1n) is 12.9. The Balaban J connectivity index is 1.35. The second kappa shape index (κ2) is 11.8. The van der Waals surface area contributed by atoms with Crippen LogP contribution in [0.25, 0.3) is 22.2 Å². The zero-order valence-electron chi connectivity index (χ0n) is 23.1. The molecule has 1 amide bonds. The molecule has 2 heterocycles. The van der Waals surface area contributed by atoms with Gasteiger partial charge in [-0.2, -0.15) is 4.98 Å². The minimum atomic E-state index is -0.175. The molecular weight excluding hydrogens is 548 g/mol. The van der Waals surface area contributed by atoms with Crippen molar-refractivity contribution in [3.8, 4) is 39.4 Å². The Morgan fingerprint density at radius 1 is 1.02 bits per heavy atom. The first kappa shape index (κ1) is 27.9. The second-order valence-corrected chi connectivity index (χ2v) is 10.5. The standard InChI is InChI=1S/C28H30N6O6S/c1-14-5-8-16(30-26(36)15-6-9-18(35)10-7-15)11-19(14)25-33-27(40-34-25)23-24(29)32-28(41-23)31-17-12-20(37-2)22(39-4)21(13-17)38-3/h5,8,11-13,15H,6-7,9-10,29H2,1-4H3,(H,30,36)(H,31,32). The number of Topliss-reactive ketones (excluding diaryl/α,β-unsaturated/α-hetero) is 1. The SMILES string of the molecule is COc1cc(Nc2nc(N)c(-c3nc(-c4cc(NC(=O)C5CCC(=O)CC5)ccc4C)no3)s2)cc(OC)c1OC. The lowest BCUT2D eigenvalue weighted by Crippen LogP contribution is -2.27. The van der Waals surface area contributed by atoms with Crippen molar-refractivity contribution in [2.75, 3.05) is 37.7 Å². The van der Waals surface area contributed by atoms with Gasteiger partial charge in [-0.25, -0.2) is 4.98 Å². The molecule has 1 saturated carbocycles. The van der Waals surface area contributed by atoms with Gasteiger partial charge in [0.2, 0.25) is 17.5 Å². The largest absolute Gasteiger partial charge is 0.493 e. The number of hydrogen-bond donors (Lipinski definition) is 3. The van der Waals surface area contributed by atoms with Crippen LogP contribution in [0.5, 0.6) is 17.2 Å². The van der Waals surface area contributed by atoms with E-state index in [0.29, 0.717) is 75.7 Å². The van der Waals surface area contributed by atoms with Gasteiger partial charge in [0.15, 0.2) is 16.6 Å². The van der Waals surface area contributed by atoms with Crippen LogP contribution in [0.15, 0.2) is 34.9 Å². The number of methoxy groups -OCH3 is 3. The number of nitrogens with zero attached hydrogens (tertiary/aromatic N) is 3. The summed E-state index contributed by atoms with van der Waals surface area (Å²) in [5.41, 5.74) is 9.09. The zero-order valence-corrected chi connectivity index (χ0v) is 23.9. The molecule has 0 radical (unpaired) electrons. The summed E-state index contributed by atoms with van der Waals surface area (Å²) < 4.78 is 21.8. The molecule has 2 aromatic carbocycles. The van der Waals surface area contributed by atoms with Crippen LogP contribution in [0.2, 0.25) is 0 Å². The summed E-state index contributed by atoms with van der Waals surface area (Å²) in [6, 6.07) is 9.03. The molecule has 0 spiro atoms. The third kappa shape index (κ3) is 5.94. The third-order valence-corrected chi connectivity index (χ3v) is 7.82. The first-order chi connectivity index (χ1) is 19.8. The maximum Gasteiger partial charge on any atom is 0.272 e. The van der Waals surface area contributed by atoms with Gasteiger partial charge in [0.1, 0.15) is 16.5 Å². The highest BCUT2D eigenvalue weighted by Gasteiger charge is 2.25. The maximum atomic E-state index is 12.8. The van der Waals surface area contributed by atoms with E-state index in [4.69, 9.17) is 24.5 Å². The van der Waals surface area contributed by atoms with Gasteiger partial charge in [-0.3, -0.25) is 9.59 Å². The monoisotopic (exact) mass is 578 g/mol. The molecule has 2 aromatic heterocycles. The number of aromatic nitrogens is 3. The van der Waals surface area contributed by atoms with Crippen molar-refractivity contribution in [1.29, 1.82) is 0 Å². The number of hydrogen-bond acceptors (Lipinski definition) is 12. The number of carbonyl (C=O) groups is 2. The van der Waals surface area contributed by atoms with Gasteiger partial charge < -0.3 is 35.1 Å². The topological polar surface area (TPSA) is 164 Å². The van der Waals surface area contributed by atoms with Crippen LogP contribution in [0, 0.1) is 12.8 Å². The molecule has 1 aliphatic rings. The Morgan fingerprint density at radius 2 is 1.73 bits per heavy atom. The first-order valence-corrected chi connectivity index (χ1v) is 13.7. The van der Waals surface area contributed by atoms with E-state index in [1.807, 2.05) is 25.1 Å². The highest BCUT2D eigenvalue weighted by Crippen LogP contribution is 2.42. The molecule has 13 heteroatoms. The van der Waals surface area contributed by atoms with Crippen molar-refractivity contribution < 1.29 is 28.3 Å². The van der Waals surface area contributed by atoms with Crippen LogP contribution in [0.3, 0.4) is 0 Å². The van der Waals surface area contributed by atoms with Crippen molar-refractivity contribution in [3.63, 3.8) is 0 Å². The van der Waals surface area contributed by atoms with Crippen molar-refractivity contribution in [2.24, 2.45) is 5.92 Å². The highest BCUT2D eigenvalue weighted by molar-refractivity contribution is 7.19. The Kier molecular flexibility index (Phi) is 8.06. The molecule has 1 fully saturated rings. The van der Waals surface area contributed by atoms with Gasteiger partial charge in [0.05, 0.1) is 21.3 Å². The number of carbonyl (C=O) groups excluding carboxylic acids is 2. The van der Waals surface area contributed by atoms with Gasteiger partial charge in [-0.05, 0) is 37.5 Å². The quantitative estimate of drug-likeness (QED) is 0.239. The Morgan fingerprint density at radius 3 is 2.39 bits per heavy atom. The van der Waals surface area contributed by atoms with E-state index in [0.717, 1.165) is 5.56 Å². The van der Waals surface area contributed by atoms with E-state index in [1.54, 1.807) is 26.4 Å². The molecular formula is C28H30N6O6S. The number of nitrogens with one attached hydrogen (secondary N) is 2. The summed E-state index contributed by atoms with van der Waals surface area (Å²) in [6.07, 6.45) is 2.04. The summed E-state index contributed by atoms with van der Waals surface area (Å²) >= 11 is 1.25. The van der Waals surface area contributed by atoms with E-state index in [2.05, 4.69) is 25.8 Å². The van der Waals surface area contributed by atoms with Gasteiger partial charge in [-0.15, -0.1) is 0 Å². The molecule has 0 saturated heterocycles. The fourth-order valence-electron chi connectivity index (χ4n) is 4.63. The summed E-state index contributed by atoms with van der Waals surface area (Å²) in [4.78, 5) is 33.8. The number of thiazole rings is 1. The van der Waals surface area contributed by atoms with E-state index in [1.165, 1.54) is 18.4 Å². The van der Waals surface area contributed by atoms with Crippen LogP contribution >= 0.6 is 11.3 Å². The molecule has 41 heavy (non-hydrogen) atoms. The van der Waals surface area contributed by atoms with Crippen LogP contribution in [-0.4, -0.2) is 48.1 Å². The number of anilines is 4. The summed E-state index contributed by atoms with van der Waals surface area (Å²) in [5.74, 6) is 2.19. The molecule has 0 aliphatic heterocycles. The predicted octanol–water partition coefficient (Wildman–Crippen LogP) is 5.22. The minimum Gasteiger partial charge on any atom is -0.493 e. The van der Waals surface area contributed by atoms with Gasteiger partial charge in [0.25, 0.3) is 5.89 Å².